The van der Waals surface area contributed by atoms with Gasteiger partial charge in [0.15, 0.2) is 0 Å². The summed E-state index contributed by atoms with van der Waals surface area (Å²) in [6.45, 7) is 2.40. The van der Waals surface area contributed by atoms with Gasteiger partial charge in [0.05, 0.1) is 12.8 Å². The van der Waals surface area contributed by atoms with Crippen molar-refractivity contribution in [1.29, 1.82) is 0 Å². The molecule has 0 saturated carbocycles. The molecule has 1 amide bonds. The highest BCUT2D eigenvalue weighted by atomic mass is 16.4. The van der Waals surface area contributed by atoms with Crippen LogP contribution in [0.2, 0.25) is 0 Å². The Morgan fingerprint density at radius 2 is 2.00 bits per heavy atom. The number of aliphatic carboxylic acids is 1. The van der Waals surface area contributed by atoms with Gasteiger partial charge in [-0.05, 0) is 37.3 Å². The molecule has 27 heavy (non-hydrogen) atoms. The van der Waals surface area contributed by atoms with Gasteiger partial charge >= 0.3 is 5.97 Å². The summed E-state index contributed by atoms with van der Waals surface area (Å²) in [5, 5.41) is 8.88. The van der Waals surface area contributed by atoms with Crippen molar-refractivity contribution in [3.8, 4) is 0 Å². The molecule has 7 heteroatoms. The van der Waals surface area contributed by atoms with Gasteiger partial charge in [0.25, 0.3) is 0 Å². The van der Waals surface area contributed by atoms with Crippen LogP contribution in [0.5, 0.6) is 0 Å². The highest BCUT2D eigenvalue weighted by molar-refractivity contribution is 6.01. The summed E-state index contributed by atoms with van der Waals surface area (Å²) >= 11 is 0. The number of nitrogens with zero attached hydrogens (tertiary/aromatic N) is 3. The number of nitrogens with two attached hydrogens (primary N) is 1. The molecule has 2 aromatic rings. The van der Waals surface area contributed by atoms with Gasteiger partial charge in [-0.3, -0.25) is 14.5 Å². The summed E-state index contributed by atoms with van der Waals surface area (Å²) in [7, 11) is 0. The van der Waals surface area contributed by atoms with Crippen LogP contribution >= 0.6 is 0 Å². The first-order valence-electron chi connectivity index (χ1n) is 9.17. The Morgan fingerprint density at radius 3 is 2.78 bits per heavy atom. The smallest absolute Gasteiger partial charge is 0.307 e. The summed E-state index contributed by atoms with van der Waals surface area (Å²) in [6, 6.07) is 7.72. The molecule has 1 aromatic carbocycles. The number of aromatic nitrogens is 2. The SMILES string of the molecule is Cc1nc(N)c2c(n1)N(CCCCCc1cccc(CC(=O)O)c1)C(=O)C2. The number of benzene rings is 1. The number of carbonyl (C=O) groups is 2. The highest BCUT2D eigenvalue weighted by Crippen LogP contribution is 2.30. The summed E-state index contributed by atoms with van der Waals surface area (Å²) in [5.41, 5.74) is 8.62. The number of carbonyl (C=O) groups excluding carboxylic acids is 1. The number of nitrogen functional groups attached to an aromatic ring is 1. The highest BCUT2D eigenvalue weighted by Gasteiger charge is 2.30. The largest absolute Gasteiger partial charge is 0.481 e. The number of carboxylic acid groups (broad SMARTS) is 1. The maximum absolute atomic E-state index is 12.3. The van der Waals surface area contributed by atoms with Crippen molar-refractivity contribution in [1.82, 2.24) is 9.97 Å². The number of hydrogen-bond donors (Lipinski definition) is 2. The van der Waals surface area contributed by atoms with E-state index in [1.165, 1.54) is 0 Å². The van der Waals surface area contributed by atoms with Crippen LogP contribution < -0.4 is 10.6 Å². The molecular weight excluding hydrogens is 344 g/mol. The second-order valence-corrected chi connectivity index (χ2v) is 6.88. The molecule has 0 unspecified atom stereocenters. The van der Waals surface area contributed by atoms with Gasteiger partial charge in [-0.2, -0.15) is 0 Å². The summed E-state index contributed by atoms with van der Waals surface area (Å²) in [4.78, 5) is 33.3. The molecule has 0 saturated heterocycles. The van der Waals surface area contributed by atoms with Gasteiger partial charge < -0.3 is 10.8 Å². The maximum Gasteiger partial charge on any atom is 0.307 e. The Hall–Kier alpha value is -2.96. The molecular formula is C20H24N4O3. The number of anilines is 2. The molecule has 1 aromatic heterocycles. The number of rotatable bonds is 8. The predicted molar refractivity (Wildman–Crippen MR) is 103 cm³/mol. The zero-order valence-corrected chi connectivity index (χ0v) is 15.4. The quantitative estimate of drug-likeness (QED) is 0.692. The molecule has 0 radical (unpaired) electrons. The molecule has 1 aliphatic heterocycles. The molecule has 0 spiro atoms. The van der Waals surface area contributed by atoms with Crippen LogP contribution in [-0.2, 0) is 28.9 Å². The minimum absolute atomic E-state index is 0.0259. The predicted octanol–water partition coefficient (Wildman–Crippen LogP) is 2.30. The zero-order valence-electron chi connectivity index (χ0n) is 15.4. The zero-order chi connectivity index (χ0) is 19.4. The molecule has 3 N–H and O–H groups in total. The molecule has 3 rings (SSSR count). The van der Waals surface area contributed by atoms with E-state index in [-0.39, 0.29) is 18.7 Å². The third kappa shape index (κ3) is 4.61. The lowest BCUT2D eigenvalue weighted by Crippen LogP contribution is -2.28. The molecule has 142 valence electrons. The summed E-state index contributed by atoms with van der Waals surface area (Å²) in [5.74, 6) is 0.841. The van der Waals surface area contributed by atoms with Gasteiger partial charge in [0.1, 0.15) is 17.5 Å². The minimum Gasteiger partial charge on any atom is -0.481 e. The van der Waals surface area contributed by atoms with Crippen LogP contribution in [0, 0.1) is 6.92 Å². The number of unbranched alkanes of at least 4 members (excludes halogenated alkanes) is 2. The van der Waals surface area contributed by atoms with Crippen molar-refractivity contribution in [2.24, 2.45) is 0 Å². The van der Waals surface area contributed by atoms with Crippen LogP contribution in [0.3, 0.4) is 0 Å². The maximum atomic E-state index is 12.3. The van der Waals surface area contributed by atoms with Crippen LogP contribution in [0.25, 0.3) is 0 Å². The number of aryl methyl sites for hydroxylation is 2. The Kier molecular flexibility index (Phi) is 5.69. The van der Waals surface area contributed by atoms with E-state index in [4.69, 9.17) is 10.8 Å². The summed E-state index contributed by atoms with van der Waals surface area (Å²) < 4.78 is 0. The Morgan fingerprint density at radius 1 is 1.22 bits per heavy atom. The molecule has 0 bridgehead atoms. The fourth-order valence-electron chi connectivity index (χ4n) is 3.44. The molecule has 0 aliphatic carbocycles. The van der Waals surface area contributed by atoms with Crippen molar-refractivity contribution in [2.75, 3.05) is 17.2 Å². The Labute approximate surface area is 158 Å². The molecule has 1 aliphatic rings. The average Bonchev–Trinajstić information content (AvgIpc) is 2.91. The van der Waals surface area contributed by atoms with Crippen LogP contribution in [-0.4, -0.2) is 33.5 Å². The van der Waals surface area contributed by atoms with Crippen molar-refractivity contribution < 1.29 is 14.7 Å². The number of fused-ring (bicyclic) bond motifs is 1. The van der Waals surface area contributed by atoms with Gasteiger partial charge in [0.2, 0.25) is 5.91 Å². The van der Waals surface area contributed by atoms with Crippen LogP contribution in [0.4, 0.5) is 11.6 Å². The van der Waals surface area contributed by atoms with E-state index in [1.54, 1.807) is 11.8 Å². The van der Waals surface area contributed by atoms with E-state index in [1.807, 2.05) is 24.3 Å². The third-order valence-electron chi connectivity index (χ3n) is 4.71. The van der Waals surface area contributed by atoms with Crippen molar-refractivity contribution in [2.45, 2.75) is 45.4 Å². The van der Waals surface area contributed by atoms with Crippen LogP contribution in [0.1, 0.15) is 41.8 Å². The number of hydrogen-bond acceptors (Lipinski definition) is 5. The van der Waals surface area contributed by atoms with Crippen molar-refractivity contribution >= 4 is 23.5 Å². The van der Waals surface area contributed by atoms with Gasteiger partial charge in [-0.15, -0.1) is 0 Å². The normalized spacial score (nSPS) is 13.1. The fraction of sp³-hybridized carbons (Fsp3) is 0.400. The van der Waals surface area contributed by atoms with E-state index in [0.717, 1.165) is 42.4 Å². The van der Waals surface area contributed by atoms with Crippen molar-refractivity contribution in [3.05, 3.63) is 46.8 Å². The van der Waals surface area contributed by atoms with E-state index < -0.39 is 5.97 Å². The first-order valence-corrected chi connectivity index (χ1v) is 9.17. The lowest BCUT2D eigenvalue weighted by Gasteiger charge is -2.16. The molecule has 0 atom stereocenters. The van der Waals surface area contributed by atoms with Gasteiger partial charge in [-0.1, -0.05) is 30.7 Å². The lowest BCUT2D eigenvalue weighted by atomic mass is 10.0. The monoisotopic (exact) mass is 368 g/mol. The van der Waals surface area contributed by atoms with Gasteiger partial charge in [-0.25, -0.2) is 9.97 Å². The van der Waals surface area contributed by atoms with E-state index >= 15 is 0 Å². The van der Waals surface area contributed by atoms with Crippen molar-refractivity contribution in [3.63, 3.8) is 0 Å². The molecule has 0 fully saturated rings. The average molecular weight is 368 g/mol. The van der Waals surface area contributed by atoms with E-state index in [2.05, 4.69) is 9.97 Å². The molecule has 7 nitrogen and oxygen atoms in total. The Balaban J connectivity index is 1.49. The molecule has 2 heterocycles. The standard InChI is InChI=1S/C20H24N4O3/c1-13-22-19(21)16-12-17(25)24(20(16)23-13)9-4-2-3-6-14-7-5-8-15(10-14)11-18(26)27/h5,7-8,10H,2-4,6,9,11-12H2,1H3,(H,26,27)(H2,21,22,23). The Bertz CT molecular complexity index is 866. The third-order valence-corrected chi connectivity index (χ3v) is 4.71. The number of amides is 1. The second-order valence-electron chi connectivity index (χ2n) is 6.88. The first kappa shape index (κ1) is 18.8. The van der Waals surface area contributed by atoms with Gasteiger partial charge in [0, 0.05) is 12.1 Å². The lowest BCUT2D eigenvalue weighted by molar-refractivity contribution is -0.136. The van der Waals surface area contributed by atoms with E-state index in [9.17, 15) is 9.59 Å². The second kappa shape index (κ2) is 8.16. The fourth-order valence-corrected chi connectivity index (χ4v) is 3.44. The summed E-state index contributed by atoms with van der Waals surface area (Å²) in [6.07, 6.45) is 4.06. The topological polar surface area (TPSA) is 109 Å². The minimum atomic E-state index is -0.817. The first-order chi connectivity index (χ1) is 12.9. The van der Waals surface area contributed by atoms with Crippen LogP contribution in [0.15, 0.2) is 24.3 Å². The van der Waals surface area contributed by atoms with E-state index in [0.29, 0.717) is 24.0 Å². The number of carboxylic acids is 1.